The van der Waals surface area contributed by atoms with Gasteiger partial charge in [-0.25, -0.2) is 4.98 Å². The van der Waals surface area contributed by atoms with Crippen LogP contribution in [0.2, 0.25) is 0 Å². The zero-order chi connectivity index (χ0) is 17.6. The molecule has 7 heteroatoms. The van der Waals surface area contributed by atoms with Gasteiger partial charge in [-0.1, -0.05) is 0 Å². The molecule has 0 atom stereocenters. The van der Waals surface area contributed by atoms with Gasteiger partial charge in [0.1, 0.15) is 11.6 Å². The molecule has 0 aliphatic carbocycles. The molecule has 0 spiro atoms. The number of anilines is 3. The molecule has 1 aromatic carbocycles. The van der Waals surface area contributed by atoms with E-state index in [0.29, 0.717) is 38.5 Å². The molecule has 0 bridgehead atoms. The number of carboxylic acid groups (broad SMARTS) is 1. The molecule has 1 aliphatic heterocycles. The minimum Gasteiger partial charge on any atom is -0.494 e. The normalized spacial score (nSPS) is 15.0. The molecular formula is C18H22N4O3. The fourth-order valence-corrected chi connectivity index (χ4v) is 2.87. The highest BCUT2D eigenvalue weighted by Gasteiger charge is 2.25. The molecule has 0 saturated carbocycles. The van der Waals surface area contributed by atoms with Crippen molar-refractivity contribution in [3.8, 4) is 5.75 Å². The van der Waals surface area contributed by atoms with Crippen LogP contribution < -0.4 is 15.0 Å². The van der Waals surface area contributed by atoms with E-state index in [9.17, 15) is 4.79 Å². The molecule has 0 amide bonds. The Hall–Kier alpha value is -2.83. The van der Waals surface area contributed by atoms with E-state index in [1.165, 1.54) is 0 Å². The van der Waals surface area contributed by atoms with Crippen molar-refractivity contribution in [2.24, 2.45) is 5.92 Å². The van der Waals surface area contributed by atoms with E-state index >= 15 is 0 Å². The predicted octanol–water partition coefficient (Wildman–Crippen LogP) is 2.92. The van der Waals surface area contributed by atoms with E-state index < -0.39 is 5.97 Å². The summed E-state index contributed by atoms with van der Waals surface area (Å²) in [4.78, 5) is 22.0. The summed E-state index contributed by atoms with van der Waals surface area (Å²) in [5, 5.41) is 12.3. The van der Waals surface area contributed by atoms with Crippen LogP contribution in [0.25, 0.3) is 0 Å². The number of ether oxygens (including phenoxy) is 1. The lowest BCUT2D eigenvalue weighted by molar-refractivity contribution is -0.142. The molecular weight excluding hydrogens is 320 g/mol. The number of carbonyl (C=O) groups is 1. The Morgan fingerprint density at radius 3 is 2.64 bits per heavy atom. The first-order valence-electron chi connectivity index (χ1n) is 8.46. The molecule has 25 heavy (non-hydrogen) atoms. The van der Waals surface area contributed by atoms with E-state index in [1.807, 2.05) is 37.3 Å². The highest BCUT2D eigenvalue weighted by Crippen LogP contribution is 2.23. The Balaban J connectivity index is 1.64. The molecule has 1 saturated heterocycles. The first-order chi connectivity index (χ1) is 12.2. The molecule has 2 aromatic rings. The van der Waals surface area contributed by atoms with Crippen molar-refractivity contribution in [2.75, 3.05) is 29.9 Å². The lowest BCUT2D eigenvalue weighted by atomic mass is 9.97. The minimum atomic E-state index is -0.708. The predicted molar refractivity (Wildman–Crippen MR) is 95.5 cm³/mol. The van der Waals surface area contributed by atoms with Gasteiger partial charge in [-0.05, 0) is 50.1 Å². The topological polar surface area (TPSA) is 87.6 Å². The smallest absolute Gasteiger partial charge is 0.306 e. The maximum atomic E-state index is 11.1. The van der Waals surface area contributed by atoms with Crippen molar-refractivity contribution >= 4 is 23.4 Å². The molecule has 3 rings (SSSR count). The van der Waals surface area contributed by atoms with Crippen LogP contribution in [0.3, 0.4) is 0 Å². The van der Waals surface area contributed by atoms with E-state index in [1.54, 1.807) is 6.20 Å². The molecule has 2 heterocycles. The van der Waals surface area contributed by atoms with Gasteiger partial charge in [-0.15, -0.1) is 0 Å². The van der Waals surface area contributed by atoms with Crippen LogP contribution in [0.15, 0.2) is 36.5 Å². The van der Waals surface area contributed by atoms with Crippen molar-refractivity contribution in [1.82, 2.24) is 9.97 Å². The highest BCUT2D eigenvalue weighted by atomic mass is 16.5. The van der Waals surface area contributed by atoms with E-state index in [-0.39, 0.29) is 5.92 Å². The third-order valence-corrected chi connectivity index (χ3v) is 4.23. The third-order valence-electron chi connectivity index (χ3n) is 4.23. The Labute approximate surface area is 146 Å². The van der Waals surface area contributed by atoms with Crippen LogP contribution in [-0.2, 0) is 4.79 Å². The molecule has 0 radical (unpaired) electrons. The average Bonchev–Trinajstić information content (AvgIpc) is 2.64. The number of nitrogens with one attached hydrogen (secondary N) is 1. The zero-order valence-electron chi connectivity index (χ0n) is 14.2. The second kappa shape index (κ2) is 7.83. The minimum absolute atomic E-state index is 0.250. The van der Waals surface area contributed by atoms with Gasteiger partial charge in [0.25, 0.3) is 0 Å². The first-order valence-corrected chi connectivity index (χ1v) is 8.46. The van der Waals surface area contributed by atoms with E-state index in [4.69, 9.17) is 9.84 Å². The van der Waals surface area contributed by atoms with Gasteiger partial charge in [-0.3, -0.25) is 4.79 Å². The fraction of sp³-hybridized carbons (Fsp3) is 0.389. The highest BCUT2D eigenvalue weighted by molar-refractivity contribution is 5.70. The summed E-state index contributed by atoms with van der Waals surface area (Å²) in [6.07, 6.45) is 2.99. The second-order valence-corrected chi connectivity index (χ2v) is 5.92. The summed E-state index contributed by atoms with van der Waals surface area (Å²) in [7, 11) is 0. The lowest BCUT2D eigenvalue weighted by Gasteiger charge is -2.31. The molecule has 7 nitrogen and oxygen atoms in total. The Morgan fingerprint density at radius 1 is 1.28 bits per heavy atom. The fourth-order valence-electron chi connectivity index (χ4n) is 2.87. The summed E-state index contributed by atoms with van der Waals surface area (Å²) >= 11 is 0. The lowest BCUT2D eigenvalue weighted by Crippen LogP contribution is -2.36. The summed E-state index contributed by atoms with van der Waals surface area (Å²) in [5.41, 5.74) is 0.880. The van der Waals surface area contributed by atoms with Crippen molar-refractivity contribution in [1.29, 1.82) is 0 Å². The van der Waals surface area contributed by atoms with Gasteiger partial charge in [-0.2, -0.15) is 4.98 Å². The number of rotatable bonds is 6. The van der Waals surface area contributed by atoms with Gasteiger partial charge < -0.3 is 20.1 Å². The summed E-state index contributed by atoms with van der Waals surface area (Å²) in [6, 6.07) is 9.47. The largest absolute Gasteiger partial charge is 0.494 e. The zero-order valence-corrected chi connectivity index (χ0v) is 14.2. The maximum absolute atomic E-state index is 11.1. The number of carboxylic acids is 1. The number of piperidine rings is 1. The summed E-state index contributed by atoms with van der Waals surface area (Å²) in [6.45, 7) is 3.97. The van der Waals surface area contributed by atoms with Crippen molar-refractivity contribution in [3.63, 3.8) is 0 Å². The van der Waals surface area contributed by atoms with Crippen molar-refractivity contribution in [3.05, 3.63) is 36.5 Å². The number of benzene rings is 1. The van der Waals surface area contributed by atoms with Crippen LogP contribution in [0.1, 0.15) is 19.8 Å². The molecule has 2 N–H and O–H groups in total. The molecule has 0 unspecified atom stereocenters. The van der Waals surface area contributed by atoms with Gasteiger partial charge in [0.2, 0.25) is 5.95 Å². The standard InChI is InChI=1S/C18H22N4O3/c1-2-25-15-5-3-14(4-6-15)20-18-19-10-7-16(21-18)22-11-8-13(9-12-22)17(23)24/h3-7,10,13H,2,8-9,11-12H2,1H3,(H,23,24)(H,19,20,21). The van der Waals surface area contributed by atoms with E-state index in [2.05, 4.69) is 20.2 Å². The first kappa shape index (κ1) is 17.0. The summed E-state index contributed by atoms with van der Waals surface area (Å²) < 4.78 is 5.43. The molecule has 1 fully saturated rings. The molecule has 1 aliphatic rings. The van der Waals surface area contributed by atoms with Crippen molar-refractivity contribution in [2.45, 2.75) is 19.8 Å². The number of aromatic nitrogens is 2. The maximum Gasteiger partial charge on any atom is 0.306 e. The van der Waals surface area contributed by atoms with E-state index in [0.717, 1.165) is 17.3 Å². The average molecular weight is 342 g/mol. The number of aliphatic carboxylic acids is 1. The van der Waals surface area contributed by atoms with Gasteiger partial charge in [0.15, 0.2) is 0 Å². The van der Waals surface area contributed by atoms with Crippen LogP contribution in [-0.4, -0.2) is 40.7 Å². The summed E-state index contributed by atoms with van der Waals surface area (Å²) in [5.74, 6) is 1.19. The third kappa shape index (κ3) is 4.37. The number of nitrogens with zero attached hydrogens (tertiary/aromatic N) is 3. The quantitative estimate of drug-likeness (QED) is 0.834. The molecule has 1 aromatic heterocycles. The van der Waals surface area contributed by atoms with Crippen LogP contribution in [0, 0.1) is 5.92 Å². The SMILES string of the molecule is CCOc1ccc(Nc2nccc(N3CCC(C(=O)O)CC3)n2)cc1. The van der Waals surface area contributed by atoms with Crippen LogP contribution >= 0.6 is 0 Å². The second-order valence-electron chi connectivity index (χ2n) is 5.92. The number of hydrogen-bond acceptors (Lipinski definition) is 6. The van der Waals surface area contributed by atoms with Gasteiger partial charge in [0.05, 0.1) is 12.5 Å². The Morgan fingerprint density at radius 2 is 2.00 bits per heavy atom. The van der Waals surface area contributed by atoms with Crippen LogP contribution in [0.5, 0.6) is 5.75 Å². The number of hydrogen-bond donors (Lipinski definition) is 2. The van der Waals surface area contributed by atoms with Crippen molar-refractivity contribution < 1.29 is 14.6 Å². The van der Waals surface area contributed by atoms with Gasteiger partial charge in [0, 0.05) is 25.0 Å². The van der Waals surface area contributed by atoms with Crippen LogP contribution in [0.4, 0.5) is 17.5 Å². The Kier molecular flexibility index (Phi) is 5.33. The van der Waals surface area contributed by atoms with Gasteiger partial charge >= 0.3 is 5.97 Å². The Bertz CT molecular complexity index is 713. The molecule has 132 valence electrons. The monoisotopic (exact) mass is 342 g/mol.